The van der Waals surface area contributed by atoms with Crippen LogP contribution in [0, 0.1) is 0 Å². The van der Waals surface area contributed by atoms with Gasteiger partial charge in [-0.25, -0.2) is 0 Å². The lowest BCUT2D eigenvalue weighted by atomic mass is 10.0. The summed E-state index contributed by atoms with van der Waals surface area (Å²) >= 11 is 0. The van der Waals surface area contributed by atoms with Crippen molar-refractivity contribution in [2.24, 2.45) is 0 Å². The molecule has 0 saturated carbocycles. The number of carbonyl (C=O) groups excluding carboxylic acids is 1. The van der Waals surface area contributed by atoms with Crippen molar-refractivity contribution in [2.75, 3.05) is 19.0 Å². The number of rotatable bonds is 9. The molecule has 0 saturated heterocycles. The number of amides is 1. The molecular formula is C28H25NO5. The van der Waals surface area contributed by atoms with Gasteiger partial charge < -0.3 is 19.9 Å². The zero-order chi connectivity index (χ0) is 23.9. The normalized spacial score (nSPS) is 10.6. The molecule has 0 aliphatic heterocycles. The zero-order valence-corrected chi connectivity index (χ0v) is 18.8. The number of benzene rings is 2. The van der Waals surface area contributed by atoms with E-state index in [4.69, 9.17) is 14.6 Å². The van der Waals surface area contributed by atoms with Crippen molar-refractivity contribution in [3.8, 4) is 33.8 Å². The van der Waals surface area contributed by atoms with E-state index in [2.05, 4.69) is 5.32 Å². The summed E-state index contributed by atoms with van der Waals surface area (Å²) in [5, 5.41) is 11.8. The number of ether oxygens (including phenoxy) is 2. The summed E-state index contributed by atoms with van der Waals surface area (Å²) in [6.45, 7) is 0.216. The lowest BCUT2D eigenvalue weighted by Gasteiger charge is -2.11. The number of hydrogen-bond donors (Lipinski definition) is 2. The topological polar surface area (TPSA) is 84.9 Å². The van der Waals surface area contributed by atoms with E-state index >= 15 is 0 Å². The molecule has 0 bridgehead atoms. The second kappa shape index (κ2) is 10.5. The molecule has 0 spiro atoms. The Hall–Kier alpha value is -4.32. The molecule has 0 fully saturated rings. The second-order valence-electron chi connectivity index (χ2n) is 7.73. The second-order valence-corrected chi connectivity index (χ2v) is 7.73. The van der Waals surface area contributed by atoms with Gasteiger partial charge in [-0.1, -0.05) is 54.6 Å². The lowest BCUT2D eigenvalue weighted by Crippen LogP contribution is -2.14. The highest BCUT2D eigenvalue weighted by Crippen LogP contribution is 2.42. The third-order valence-electron chi connectivity index (χ3n) is 5.48. The van der Waals surface area contributed by atoms with Crippen molar-refractivity contribution < 1.29 is 24.2 Å². The number of fused-ring (bicyclic) bond motifs is 1. The largest absolute Gasteiger partial charge is 0.497 e. The maximum Gasteiger partial charge on any atom is 0.303 e. The fourth-order valence-corrected chi connectivity index (χ4v) is 3.80. The predicted octanol–water partition coefficient (Wildman–Crippen LogP) is 5.96. The minimum atomic E-state index is -0.876. The van der Waals surface area contributed by atoms with E-state index in [0.29, 0.717) is 23.4 Å². The minimum absolute atomic E-state index is 0.0129. The highest BCUT2D eigenvalue weighted by molar-refractivity contribution is 6.10. The van der Waals surface area contributed by atoms with Gasteiger partial charge in [0.15, 0.2) is 0 Å². The average molecular weight is 456 g/mol. The highest BCUT2D eigenvalue weighted by Gasteiger charge is 2.20. The predicted molar refractivity (Wildman–Crippen MR) is 132 cm³/mol. The Labute approximate surface area is 198 Å². The van der Waals surface area contributed by atoms with Gasteiger partial charge >= 0.3 is 5.97 Å². The van der Waals surface area contributed by atoms with E-state index in [1.54, 1.807) is 31.4 Å². The Balaban J connectivity index is 1.62. The number of para-hydroxylation sites is 1. The van der Waals surface area contributed by atoms with E-state index in [0.717, 1.165) is 28.0 Å². The van der Waals surface area contributed by atoms with E-state index < -0.39 is 5.97 Å². The Morgan fingerprint density at radius 3 is 2.29 bits per heavy atom. The average Bonchev–Trinajstić information content (AvgIpc) is 3.01. The Bertz CT molecular complexity index is 1270. The Morgan fingerprint density at radius 2 is 1.56 bits per heavy atom. The van der Waals surface area contributed by atoms with Crippen molar-refractivity contribution in [1.82, 2.24) is 0 Å². The molecule has 172 valence electrons. The van der Waals surface area contributed by atoms with Gasteiger partial charge in [-0.2, -0.15) is 0 Å². The van der Waals surface area contributed by atoms with Gasteiger partial charge in [-0.3, -0.25) is 9.59 Å². The number of carboxylic acid groups (broad SMARTS) is 1. The van der Waals surface area contributed by atoms with Crippen molar-refractivity contribution in [1.29, 1.82) is 0 Å². The molecular weight excluding hydrogens is 430 g/mol. The van der Waals surface area contributed by atoms with Crippen LogP contribution in [-0.2, 0) is 4.79 Å². The van der Waals surface area contributed by atoms with Crippen molar-refractivity contribution >= 4 is 17.6 Å². The van der Waals surface area contributed by atoms with E-state index in [1.165, 1.54) is 0 Å². The van der Waals surface area contributed by atoms with Crippen LogP contribution >= 0.6 is 0 Å². The minimum Gasteiger partial charge on any atom is -0.497 e. The molecule has 2 aliphatic carbocycles. The lowest BCUT2D eigenvalue weighted by molar-refractivity contribution is -0.137. The number of carboxylic acids is 1. The van der Waals surface area contributed by atoms with Crippen LogP contribution < -0.4 is 14.8 Å². The summed E-state index contributed by atoms with van der Waals surface area (Å²) in [6.07, 6.45) is 0.375. The molecule has 0 unspecified atom stereocenters. The number of aliphatic carboxylic acids is 1. The quantitative estimate of drug-likeness (QED) is 0.304. The van der Waals surface area contributed by atoms with Crippen molar-refractivity contribution in [3.63, 3.8) is 0 Å². The summed E-state index contributed by atoms with van der Waals surface area (Å²) in [6, 6.07) is 26.6. The summed E-state index contributed by atoms with van der Waals surface area (Å²) in [7, 11) is 1.63. The molecule has 2 aromatic rings. The molecule has 1 amide bonds. The zero-order valence-electron chi connectivity index (χ0n) is 18.8. The summed E-state index contributed by atoms with van der Waals surface area (Å²) < 4.78 is 11.0. The van der Waals surface area contributed by atoms with Crippen LogP contribution in [0.2, 0.25) is 0 Å². The van der Waals surface area contributed by atoms with Gasteiger partial charge in [0, 0.05) is 17.7 Å². The van der Waals surface area contributed by atoms with Crippen LogP contribution in [0.5, 0.6) is 11.5 Å². The van der Waals surface area contributed by atoms with Gasteiger partial charge in [0.2, 0.25) is 0 Å². The first-order chi connectivity index (χ1) is 16.6. The smallest absolute Gasteiger partial charge is 0.303 e. The number of anilines is 1. The Kier molecular flexibility index (Phi) is 7.08. The molecule has 6 nitrogen and oxygen atoms in total. The van der Waals surface area contributed by atoms with E-state index in [9.17, 15) is 9.59 Å². The van der Waals surface area contributed by atoms with Crippen LogP contribution in [0.1, 0.15) is 23.2 Å². The first-order valence-electron chi connectivity index (χ1n) is 11.0. The number of nitrogens with one attached hydrogen (secondary N) is 1. The number of carbonyl (C=O) groups is 2. The molecule has 2 aliphatic rings. The maximum atomic E-state index is 13.2. The third-order valence-corrected chi connectivity index (χ3v) is 5.48. The molecule has 0 atom stereocenters. The summed E-state index contributed by atoms with van der Waals surface area (Å²) in [4.78, 5) is 24.0. The molecule has 6 heteroatoms. The highest BCUT2D eigenvalue weighted by atomic mass is 16.5. The van der Waals surface area contributed by atoms with Crippen molar-refractivity contribution in [3.05, 3.63) is 90.5 Å². The molecule has 0 radical (unpaired) electrons. The maximum absolute atomic E-state index is 13.2. The molecule has 2 N–H and O–H groups in total. The molecule has 0 aromatic heterocycles. The monoisotopic (exact) mass is 455 g/mol. The summed E-state index contributed by atoms with van der Waals surface area (Å²) in [5.74, 6) is 0.0212. The van der Waals surface area contributed by atoms with Crippen LogP contribution in [0.25, 0.3) is 22.3 Å². The van der Waals surface area contributed by atoms with Crippen molar-refractivity contribution in [2.45, 2.75) is 12.8 Å². The van der Waals surface area contributed by atoms with Crippen LogP contribution in [0.15, 0.2) is 84.9 Å². The first-order valence-corrected chi connectivity index (χ1v) is 11.0. The van der Waals surface area contributed by atoms with Gasteiger partial charge in [-0.15, -0.1) is 0 Å². The fraction of sp³-hybridized carbons (Fsp3) is 0.143. The standard InChI is InChI=1S/C28H25NO5/c1-33-20-15-13-19(14-16-20)24-18-25(22-9-4-2-3-8-21(22)24)29-28(32)23-10-5-6-11-26(23)34-17-7-12-27(30)31/h2-6,8-11,13-16,18H,7,12,17H2,1H3,(H,29,32)(H,30,31). The molecule has 0 heterocycles. The molecule has 4 rings (SSSR count). The van der Waals surface area contributed by atoms with E-state index in [-0.39, 0.29) is 18.9 Å². The number of methoxy groups -OCH3 is 1. The van der Waals surface area contributed by atoms with Crippen LogP contribution in [-0.4, -0.2) is 30.7 Å². The van der Waals surface area contributed by atoms with Gasteiger partial charge in [0.1, 0.15) is 11.5 Å². The molecule has 34 heavy (non-hydrogen) atoms. The van der Waals surface area contributed by atoms with Crippen LogP contribution in [0.4, 0.5) is 5.69 Å². The summed E-state index contributed by atoms with van der Waals surface area (Å²) in [5.41, 5.74) is 5.04. The van der Waals surface area contributed by atoms with Crippen LogP contribution in [0.3, 0.4) is 0 Å². The number of hydrogen-bond acceptors (Lipinski definition) is 4. The van der Waals surface area contributed by atoms with Gasteiger partial charge in [-0.05, 0) is 53.4 Å². The van der Waals surface area contributed by atoms with Gasteiger partial charge in [0.05, 0.1) is 19.3 Å². The van der Waals surface area contributed by atoms with Gasteiger partial charge in [0.25, 0.3) is 5.91 Å². The Morgan fingerprint density at radius 1 is 0.853 bits per heavy atom. The van der Waals surface area contributed by atoms with E-state index in [1.807, 2.05) is 60.7 Å². The third kappa shape index (κ3) is 5.18. The first kappa shape index (κ1) is 22.9. The molecule has 2 aromatic carbocycles. The SMILES string of the molecule is COc1ccc(-c2cc(NC(=O)c3ccccc3OCCCC(=O)O)c3cccccc2-3)cc1. The fourth-order valence-electron chi connectivity index (χ4n) is 3.80.